The number of anilines is 1. The van der Waals surface area contributed by atoms with E-state index in [2.05, 4.69) is 16.7 Å². The van der Waals surface area contributed by atoms with Crippen LogP contribution in [0.5, 0.6) is 0 Å². The maximum absolute atomic E-state index is 12.4. The fraction of sp³-hybridized carbons (Fsp3) is 0.0870. The van der Waals surface area contributed by atoms with Crippen molar-refractivity contribution >= 4 is 29.1 Å². The van der Waals surface area contributed by atoms with Crippen LogP contribution in [-0.4, -0.2) is 11.8 Å². The largest absolute Gasteiger partial charge is 0.381 e. The molecule has 0 radical (unpaired) electrons. The van der Waals surface area contributed by atoms with Crippen molar-refractivity contribution in [1.82, 2.24) is 5.32 Å². The summed E-state index contributed by atoms with van der Waals surface area (Å²) in [6, 6.07) is 21.0. The van der Waals surface area contributed by atoms with Gasteiger partial charge in [-0.2, -0.15) is 5.26 Å². The number of nitriles is 1. The van der Waals surface area contributed by atoms with Crippen LogP contribution < -0.4 is 16.4 Å². The Hall–Kier alpha value is -3.82. The van der Waals surface area contributed by atoms with Gasteiger partial charge in [-0.25, -0.2) is 0 Å². The number of halogens is 1. The highest BCUT2D eigenvalue weighted by molar-refractivity contribution is 6.30. The summed E-state index contributed by atoms with van der Waals surface area (Å²) in [4.78, 5) is 23.6. The van der Waals surface area contributed by atoms with Crippen LogP contribution in [0.3, 0.4) is 0 Å². The van der Waals surface area contributed by atoms with Gasteiger partial charge in [0.1, 0.15) is 0 Å². The Labute approximate surface area is 179 Å². The molecule has 0 atom stereocenters. The van der Waals surface area contributed by atoms with Crippen LogP contribution in [0.2, 0.25) is 5.02 Å². The van der Waals surface area contributed by atoms with E-state index >= 15 is 0 Å². The van der Waals surface area contributed by atoms with Gasteiger partial charge in [0.25, 0.3) is 5.91 Å². The van der Waals surface area contributed by atoms with Gasteiger partial charge in [-0.05, 0) is 53.6 Å². The van der Waals surface area contributed by atoms with Gasteiger partial charge in [0.2, 0.25) is 5.91 Å². The Morgan fingerprint density at radius 2 is 1.73 bits per heavy atom. The number of rotatable bonds is 7. The zero-order valence-corrected chi connectivity index (χ0v) is 16.7. The lowest BCUT2D eigenvalue weighted by Gasteiger charge is -2.14. The highest BCUT2D eigenvalue weighted by atomic mass is 35.5. The van der Waals surface area contributed by atoms with E-state index in [0.717, 1.165) is 16.8 Å². The second-order valence-corrected chi connectivity index (χ2v) is 7.03. The van der Waals surface area contributed by atoms with Crippen molar-refractivity contribution in [2.75, 3.05) is 5.32 Å². The molecule has 150 valence electrons. The Morgan fingerprint density at radius 3 is 2.40 bits per heavy atom. The van der Waals surface area contributed by atoms with Crippen molar-refractivity contribution in [1.29, 1.82) is 5.26 Å². The molecule has 0 bridgehead atoms. The smallest absolute Gasteiger partial charge is 0.251 e. The second kappa shape index (κ2) is 9.59. The molecule has 0 spiro atoms. The Morgan fingerprint density at radius 1 is 0.967 bits per heavy atom. The summed E-state index contributed by atoms with van der Waals surface area (Å²) >= 11 is 5.94. The first kappa shape index (κ1) is 20.9. The van der Waals surface area contributed by atoms with Crippen molar-refractivity contribution in [3.05, 3.63) is 99.6 Å². The number of hydrogen-bond acceptors (Lipinski definition) is 4. The molecule has 0 unspecified atom stereocenters. The number of carbonyl (C=O) groups is 2. The van der Waals surface area contributed by atoms with Gasteiger partial charge in [0.05, 0.1) is 11.6 Å². The molecule has 6 nitrogen and oxygen atoms in total. The fourth-order valence-electron chi connectivity index (χ4n) is 2.86. The monoisotopic (exact) mass is 418 g/mol. The van der Waals surface area contributed by atoms with E-state index in [0.29, 0.717) is 28.3 Å². The Bertz CT molecular complexity index is 1120. The summed E-state index contributed by atoms with van der Waals surface area (Å²) < 4.78 is 0. The predicted molar refractivity (Wildman–Crippen MR) is 116 cm³/mol. The van der Waals surface area contributed by atoms with Gasteiger partial charge in [0.15, 0.2) is 0 Å². The normalized spacial score (nSPS) is 10.1. The molecule has 0 aliphatic carbocycles. The Kier molecular flexibility index (Phi) is 6.68. The summed E-state index contributed by atoms with van der Waals surface area (Å²) in [5, 5.41) is 15.9. The molecule has 3 rings (SSSR count). The minimum atomic E-state index is -0.478. The van der Waals surface area contributed by atoms with Gasteiger partial charge < -0.3 is 16.4 Å². The SMILES string of the molecule is N#Cc1ccc(CNC(=O)c2cccc(Cl)c2)c(NCc2ccc(C(N)=O)cc2)c1. The second-order valence-electron chi connectivity index (χ2n) is 6.59. The van der Waals surface area contributed by atoms with Crippen molar-refractivity contribution < 1.29 is 9.59 Å². The number of hydrogen-bond donors (Lipinski definition) is 3. The van der Waals surface area contributed by atoms with Crippen LogP contribution >= 0.6 is 11.6 Å². The number of carbonyl (C=O) groups excluding carboxylic acids is 2. The van der Waals surface area contributed by atoms with Crippen LogP contribution in [0.15, 0.2) is 66.7 Å². The number of amides is 2. The molecule has 3 aromatic carbocycles. The van der Waals surface area contributed by atoms with Crippen LogP contribution in [0, 0.1) is 11.3 Å². The van der Waals surface area contributed by atoms with E-state index in [9.17, 15) is 14.9 Å². The highest BCUT2D eigenvalue weighted by Crippen LogP contribution is 2.19. The van der Waals surface area contributed by atoms with E-state index in [-0.39, 0.29) is 12.5 Å². The summed E-state index contributed by atoms with van der Waals surface area (Å²) in [5.41, 5.74) is 9.19. The summed E-state index contributed by atoms with van der Waals surface area (Å²) in [5.74, 6) is -0.719. The van der Waals surface area contributed by atoms with Gasteiger partial charge in [0, 0.05) is 34.9 Å². The third-order valence-corrected chi connectivity index (χ3v) is 4.72. The first-order valence-electron chi connectivity index (χ1n) is 9.15. The molecule has 7 heteroatoms. The summed E-state index contributed by atoms with van der Waals surface area (Å²) in [6.45, 7) is 0.753. The average molecular weight is 419 g/mol. The molecule has 4 N–H and O–H groups in total. The molecular weight excluding hydrogens is 400 g/mol. The van der Waals surface area contributed by atoms with Crippen LogP contribution in [-0.2, 0) is 13.1 Å². The number of nitrogens with one attached hydrogen (secondary N) is 2. The third kappa shape index (κ3) is 5.37. The first-order chi connectivity index (χ1) is 14.5. The molecule has 0 aliphatic rings. The van der Waals surface area contributed by atoms with Crippen molar-refractivity contribution in [3.63, 3.8) is 0 Å². The molecule has 0 aromatic heterocycles. The van der Waals surface area contributed by atoms with Gasteiger partial charge in [-0.3, -0.25) is 9.59 Å². The van der Waals surface area contributed by atoms with E-state index in [1.807, 2.05) is 12.1 Å². The molecule has 0 fully saturated rings. The van der Waals surface area contributed by atoms with Gasteiger partial charge in [-0.15, -0.1) is 0 Å². The number of nitrogens with zero attached hydrogens (tertiary/aromatic N) is 1. The van der Waals surface area contributed by atoms with Gasteiger partial charge in [-0.1, -0.05) is 35.9 Å². The first-order valence-corrected chi connectivity index (χ1v) is 9.53. The van der Waals surface area contributed by atoms with Crippen molar-refractivity contribution in [3.8, 4) is 6.07 Å². The molecule has 0 saturated heterocycles. The fourth-order valence-corrected chi connectivity index (χ4v) is 3.05. The lowest BCUT2D eigenvalue weighted by Crippen LogP contribution is -2.23. The van der Waals surface area contributed by atoms with E-state index in [1.165, 1.54) is 0 Å². The van der Waals surface area contributed by atoms with Crippen molar-refractivity contribution in [2.45, 2.75) is 13.1 Å². The standard InChI is InChI=1S/C23H19ClN4O2/c24-20-3-1-2-18(11-20)23(30)28-14-19-9-6-16(12-25)10-21(19)27-13-15-4-7-17(8-5-15)22(26)29/h1-11,27H,13-14H2,(H2,26,29)(H,28,30). The van der Waals surface area contributed by atoms with E-state index in [4.69, 9.17) is 17.3 Å². The van der Waals surface area contributed by atoms with E-state index < -0.39 is 5.91 Å². The van der Waals surface area contributed by atoms with Crippen LogP contribution in [0.4, 0.5) is 5.69 Å². The summed E-state index contributed by atoms with van der Waals surface area (Å²) in [7, 11) is 0. The molecule has 2 amide bonds. The summed E-state index contributed by atoms with van der Waals surface area (Å²) in [6.07, 6.45) is 0. The predicted octanol–water partition coefficient (Wildman–Crippen LogP) is 3.85. The molecule has 0 saturated carbocycles. The topological polar surface area (TPSA) is 108 Å². The maximum Gasteiger partial charge on any atom is 0.251 e. The van der Waals surface area contributed by atoms with Crippen molar-refractivity contribution in [2.24, 2.45) is 5.73 Å². The van der Waals surface area contributed by atoms with Crippen LogP contribution in [0.1, 0.15) is 37.4 Å². The van der Waals surface area contributed by atoms with Gasteiger partial charge >= 0.3 is 0 Å². The molecule has 0 heterocycles. The highest BCUT2D eigenvalue weighted by Gasteiger charge is 2.09. The number of nitrogens with two attached hydrogens (primary N) is 1. The molecule has 0 aliphatic heterocycles. The third-order valence-electron chi connectivity index (χ3n) is 4.49. The zero-order valence-electron chi connectivity index (χ0n) is 16.0. The number of primary amides is 1. The molecule has 30 heavy (non-hydrogen) atoms. The number of benzene rings is 3. The Balaban J connectivity index is 1.71. The molecular formula is C23H19ClN4O2. The quantitative estimate of drug-likeness (QED) is 0.541. The van der Waals surface area contributed by atoms with Crippen LogP contribution in [0.25, 0.3) is 0 Å². The minimum absolute atomic E-state index is 0.241. The lowest BCUT2D eigenvalue weighted by molar-refractivity contribution is 0.0949. The van der Waals surface area contributed by atoms with E-state index in [1.54, 1.807) is 54.6 Å². The average Bonchev–Trinajstić information content (AvgIpc) is 2.76. The minimum Gasteiger partial charge on any atom is -0.381 e. The maximum atomic E-state index is 12.4. The zero-order chi connectivity index (χ0) is 21.5. The lowest BCUT2D eigenvalue weighted by atomic mass is 10.1. The molecule has 3 aromatic rings.